The van der Waals surface area contributed by atoms with Crippen LogP contribution in [-0.4, -0.2) is 99.9 Å². The Morgan fingerprint density at radius 3 is 2.51 bits per heavy atom. The van der Waals surface area contributed by atoms with Gasteiger partial charge in [-0.2, -0.15) is 5.06 Å². The number of hydrogen-bond acceptors (Lipinski definition) is 10. The lowest BCUT2D eigenvalue weighted by Gasteiger charge is -2.50. The highest BCUT2D eigenvalue weighted by atomic mass is 16.8. The standard InChI is InChI=1S/C43H57N3O9/c1-3-5-9-21-42(22-10-6-4-2)53-35-34-27-43(41(51)45-24-13-19-32(45)39(49)44-23-25-47)37(40(50)52-34)46(55-38(43)36(35)54-42)28-30-16-11-14-29(26-30)15-12-18-31-17-7-8-20-33(31)48/h7-8,11-12,14-17,20,26,32,34-38,47-48H,3-6,9-10,13,18-19,21-25,27-28H2,1-2H3,(H,44,49)/t32-,34-,35+,36+,37-,38-,43-/m1/s1. The van der Waals surface area contributed by atoms with Gasteiger partial charge in [-0.3, -0.25) is 19.2 Å². The number of aromatic hydroxyl groups is 1. The number of ether oxygens (including phenoxy) is 3. The molecular weight excluding hydrogens is 702 g/mol. The van der Waals surface area contributed by atoms with Gasteiger partial charge in [0.1, 0.15) is 41.6 Å². The van der Waals surface area contributed by atoms with E-state index in [9.17, 15) is 19.8 Å². The number of likely N-dealkylation sites (tertiary alicyclic amines) is 1. The predicted octanol–water partition coefficient (Wildman–Crippen LogP) is 5.19. The molecule has 4 heterocycles. The molecule has 5 fully saturated rings. The number of rotatable bonds is 17. The van der Waals surface area contributed by atoms with Gasteiger partial charge in [-0.25, -0.2) is 0 Å². The fourth-order valence-corrected chi connectivity index (χ4v) is 9.50. The van der Waals surface area contributed by atoms with Crippen molar-refractivity contribution < 1.29 is 43.6 Å². The number of esters is 1. The number of allylic oxidation sites excluding steroid dienone is 1. The van der Waals surface area contributed by atoms with E-state index in [0.29, 0.717) is 38.6 Å². The molecule has 12 heteroatoms. The van der Waals surface area contributed by atoms with E-state index in [4.69, 9.17) is 19.0 Å². The summed E-state index contributed by atoms with van der Waals surface area (Å²) in [4.78, 5) is 51.4. The number of carbonyl (C=O) groups excluding carboxylic acids is 3. The summed E-state index contributed by atoms with van der Waals surface area (Å²) in [5, 5.41) is 23.9. The van der Waals surface area contributed by atoms with Gasteiger partial charge in [-0.05, 0) is 54.9 Å². The van der Waals surface area contributed by atoms with Gasteiger partial charge in [-0.1, -0.05) is 94.1 Å². The van der Waals surface area contributed by atoms with Gasteiger partial charge < -0.3 is 34.6 Å². The van der Waals surface area contributed by atoms with Crippen LogP contribution >= 0.6 is 0 Å². The first-order chi connectivity index (χ1) is 26.7. The Kier molecular flexibility index (Phi) is 12.3. The summed E-state index contributed by atoms with van der Waals surface area (Å²) in [5.74, 6) is -1.78. The first-order valence-corrected chi connectivity index (χ1v) is 20.4. The summed E-state index contributed by atoms with van der Waals surface area (Å²) in [5.41, 5.74) is 1.26. The smallest absolute Gasteiger partial charge is 0.327 e. The van der Waals surface area contributed by atoms with Crippen molar-refractivity contribution in [3.63, 3.8) is 0 Å². The lowest BCUT2D eigenvalue weighted by Crippen LogP contribution is -2.70. The molecule has 2 aromatic carbocycles. The minimum Gasteiger partial charge on any atom is -0.508 e. The fourth-order valence-electron chi connectivity index (χ4n) is 9.50. The number of phenols is 1. The quantitative estimate of drug-likeness (QED) is 0.146. The number of aliphatic hydroxyl groups excluding tert-OH is 1. The molecule has 1 saturated carbocycles. The van der Waals surface area contributed by atoms with Gasteiger partial charge >= 0.3 is 5.97 Å². The summed E-state index contributed by atoms with van der Waals surface area (Å²) in [7, 11) is 0. The topological polar surface area (TPSA) is 147 Å². The monoisotopic (exact) mass is 759 g/mol. The second kappa shape index (κ2) is 17.1. The van der Waals surface area contributed by atoms with E-state index in [2.05, 4.69) is 19.2 Å². The number of fused-ring (bicyclic) bond motifs is 4. The maximum atomic E-state index is 15.3. The number of nitrogens with one attached hydrogen (secondary N) is 1. The SMILES string of the molecule is CCCCCC1(CCCCC)O[C@@H]2[C@H](O1)[C@H]1ON(Cc3cccc(C=CCc4ccccc4O)c3)[C@@H]3C(=O)O[C@@H]2C[C@]13C(=O)N1CCC[C@@H]1C(=O)NCCO. The number of phenolic OH excluding ortho intramolecular Hbond substituents is 1. The molecule has 298 valence electrons. The number of hydrogen-bond donors (Lipinski definition) is 3. The van der Waals surface area contributed by atoms with E-state index in [-0.39, 0.29) is 43.7 Å². The van der Waals surface area contributed by atoms with Gasteiger partial charge in [0.15, 0.2) is 11.8 Å². The zero-order valence-corrected chi connectivity index (χ0v) is 32.2. The molecule has 2 amide bonds. The molecule has 0 aromatic heterocycles. The average Bonchev–Trinajstić information content (AvgIpc) is 3.91. The van der Waals surface area contributed by atoms with Crippen LogP contribution in [0, 0.1) is 5.41 Å². The zero-order chi connectivity index (χ0) is 38.6. The third kappa shape index (κ3) is 7.81. The second-order valence-electron chi connectivity index (χ2n) is 15.9. The predicted molar refractivity (Wildman–Crippen MR) is 204 cm³/mol. The number of carbonyl (C=O) groups is 3. The lowest BCUT2D eigenvalue weighted by atomic mass is 9.62. The van der Waals surface area contributed by atoms with Crippen LogP contribution in [0.25, 0.3) is 6.08 Å². The van der Waals surface area contributed by atoms with Crippen molar-refractivity contribution in [3.05, 3.63) is 71.3 Å². The van der Waals surface area contributed by atoms with Crippen LogP contribution in [0.3, 0.4) is 0 Å². The highest BCUT2D eigenvalue weighted by Gasteiger charge is 2.77. The molecule has 0 unspecified atom stereocenters. The summed E-state index contributed by atoms with van der Waals surface area (Å²) in [6.07, 6.45) is 10.5. The first kappa shape index (κ1) is 39.4. The summed E-state index contributed by atoms with van der Waals surface area (Å²) in [6.45, 7) is 4.79. The summed E-state index contributed by atoms with van der Waals surface area (Å²) >= 11 is 0. The number of unbranched alkanes of at least 4 members (excludes halogenated alkanes) is 4. The van der Waals surface area contributed by atoms with Crippen molar-refractivity contribution in [2.24, 2.45) is 5.41 Å². The van der Waals surface area contributed by atoms with Crippen molar-refractivity contribution in [2.75, 3.05) is 19.7 Å². The van der Waals surface area contributed by atoms with Crippen LogP contribution in [0.5, 0.6) is 5.75 Å². The Morgan fingerprint density at radius 1 is 1.00 bits per heavy atom. The van der Waals surface area contributed by atoms with Crippen LogP contribution in [-0.2, 0) is 46.4 Å². The number of benzene rings is 2. The van der Waals surface area contributed by atoms with Crippen LogP contribution in [0.4, 0.5) is 0 Å². The van der Waals surface area contributed by atoms with Crippen LogP contribution in [0.15, 0.2) is 54.6 Å². The van der Waals surface area contributed by atoms with E-state index >= 15 is 4.79 Å². The highest BCUT2D eigenvalue weighted by Crippen LogP contribution is 2.59. The van der Waals surface area contributed by atoms with Crippen LogP contribution in [0.2, 0.25) is 0 Å². The molecule has 2 aromatic rings. The Hall–Kier alpha value is -3.81. The molecule has 4 saturated heterocycles. The highest BCUT2D eigenvalue weighted by molar-refractivity contribution is 5.96. The lowest BCUT2D eigenvalue weighted by molar-refractivity contribution is -0.225. The van der Waals surface area contributed by atoms with Crippen LogP contribution in [0.1, 0.15) is 101 Å². The minimum atomic E-state index is -1.37. The van der Waals surface area contributed by atoms with E-state index in [1.54, 1.807) is 22.1 Å². The van der Waals surface area contributed by atoms with Crippen molar-refractivity contribution in [1.82, 2.24) is 15.3 Å². The number of aliphatic hydroxyl groups is 1. The second-order valence-corrected chi connectivity index (χ2v) is 15.9. The van der Waals surface area contributed by atoms with Gasteiger partial charge in [0.25, 0.3) is 0 Å². The molecule has 0 radical (unpaired) electrons. The summed E-state index contributed by atoms with van der Waals surface area (Å²) in [6, 6.07) is 13.4. The molecule has 3 N–H and O–H groups in total. The molecule has 5 aliphatic rings. The van der Waals surface area contributed by atoms with Crippen LogP contribution < -0.4 is 5.32 Å². The zero-order valence-electron chi connectivity index (χ0n) is 32.2. The van der Waals surface area contributed by atoms with Gasteiger partial charge in [0, 0.05) is 32.4 Å². The molecule has 4 aliphatic heterocycles. The maximum absolute atomic E-state index is 15.3. The van der Waals surface area contributed by atoms with E-state index < -0.39 is 53.7 Å². The fraction of sp³-hybridized carbons (Fsp3) is 0.605. The average molecular weight is 760 g/mol. The molecule has 2 bridgehead atoms. The van der Waals surface area contributed by atoms with Gasteiger partial charge in [-0.15, -0.1) is 0 Å². The third-order valence-corrected chi connectivity index (χ3v) is 12.1. The minimum absolute atomic E-state index is 0.0924. The molecule has 0 spiro atoms. The van der Waals surface area contributed by atoms with Gasteiger partial charge in [0.2, 0.25) is 11.8 Å². The number of hydroxylamine groups is 2. The molecule has 12 nitrogen and oxygen atoms in total. The molecule has 7 atom stereocenters. The maximum Gasteiger partial charge on any atom is 0.327 e. The van der Waals surface area contributed by atoms with Crippen molar-refractivity contribution in [2.45, 2.75) is 140 Å². The molecule has 7 rings (SSSR count). The van der Waals surface area contributed by atoms with E-state index in [1.807, 2.05) is 48.6 Å². The third-order valence-electron chi connectivity index (χ3n) is 12.1. The number of nitrogens with zero attached hydrogens (tertiary/aromatic N) is 2. The Labute approximate surface area is 324 Å². The molecule has 1 aliphatic carbocycles. The van der Waals surface area contributed by atoms with Crippen molar-refractivity contribution >= 4 is 23.9 Å². The molecular formula is C43H57N3O9. The van der Waals surface area contributed by atoms with E-state index in [0.717, 1.165) is 55.2 Å². The number of para-hydroxylation sites is 1. The molecule has 55 heavy (non-hydrogen) atoms. The Bertz CT molecular complexity index is 1710. The number of amides is 2. The van der Waals surface area contributed by atoms with E-state index in [1.165, 1.54) is 0 Å². The van der Waals surface area contributed by atoms with Crippen molar-refractivity contribution in [1.29, 1.82) is 0 Å². The normalized spacial score (nSPS) is 29.4. The summed E-state index contributed by atoms with van der Waals surface area (Å²) < 4.78 is 20.2. The Balaban J connectivity index is 1.21. The Morgan fingerprint density at radius 2 is 1.76 bits per heavy atom. The van der Waals surface area contributed by atoms with Gasteiger partial charge in [0.05, 0.1) is 13.2 Å². The largest absolute Gasteiger partial charge is 0.508 e. The first-order valence-electron chi connectivity index (χ1n) is 20.4. The van der Waals surface area contributed by atoms with Crippen molar-refractivity contribution in [3.8, 4) is 5.75 Å².